The number of hydrogen-bond acceptors (Lipinski definition) is 1. The van der Waals surface area contributed by atoms with Crippen LogP contribution in [0.5, 0.6) is 0 Å². The molecule has 1 saturated carbocycles. The molecule has 0 amide bonds. The summed E-state index contributed by atoms with van der Waals surface area (Å²) in [6, 6.07) is 0. The van der Waals surface area contributed by atoms with Crippen molar-refractivity contribution < 1.29 is 26.7 Å². The lowest BCUT2D eigenvalue weighted by Crippen LogP contribution is -2.61. The third-order valence-electron chi connectivity index (χ3n) is 3.07. The molecule has 0 bridgehead atoms. The van der Waals surface area contributed by atoms with E-state index in [0.29, 0.717) is 0 Å². The molecular weight excluding hydrogens is 219 g/mol. The van der Waals surface area contributed by atoms with E-state index in [2.05, 4.69) is 0 Å². The Morgan fingerprint density at radius 1 is 0.933 bits per heavy atom. The Morgan fingerprint density at radius 2 is 1.27 bits per heavy atom. The zero-order valence-corrected chi connectivity index (χ0v) is 8.18. The third kappa shape index (κ3) is 1.54. The first-order valence-electron chi connectivity index (χ1n) is 4.46. The maximum Gasteiger partial charge on any atom is 0.168 e. The number of alkyl halides is 5. The largest absolute Gasteiger partial charge is 0.299 e. The monoisotopic (exact) mass is 230 g/mol. The molecule has 0 aromatic carbocycles. The summed E-state index contributed by atoms with van der Waals surface area (Å²) in [6.45, 7) is 1.60. The number of carbonyl (C=O) groups excluding carboxylic acids is 1. The summed E-state index contributed by atoms with van der Waals surface area (Å²) in [6.07, 6.45) is -13.8. The quantitative estimate of drug-likeness (QED) is 0.631. The fourth-order valence-electron chi connectivity index (χ4n) is 1.70. The lowest BCUT2D eigenvalue weighted by atomic mass is 9.68. The SMILES string of the molecule is CC(=O)C1(C)C(F)C(F)C(F)C(F)C1F. The summed E-state index contributed by atoms with van der Waals surface area (Å²) >= 11 is 0. The van der Waals surface area contributed by atoms with Crippen LogP contribution >= 0.6 is 0 Å². The predicted molar refractivity (Wildman–Crippen MR) is 43.3 cm³/mol. The van der Waals surface area contributed by atoms with E-state index in [1.165, 1.54) is 0 Å². The average Bonchev–Trinajstić information content (AvgIpc) is 2.20. The Hall–Kier alpha value is -0.680. The fraction of sp³-hybridized carbons (Fsp3) is 0.889. The summed E-state index contributed by atoms with van der Waals surface area (Å²) in [4.78, 5) is 11.0. The van der Waals surface area contributed by atoms with Gasteiger partial charge in [-0.15, -0.1) is 0 Å². The van der Waals surface area contributed by atoms with Crippen molar-refractivity contribution in [2.24, 2.45) is 5.41 Å². The van der Waals surface area contributed by atoms with E-state index >= 15 is 0 Å². The molecule has 0 aromatic heterocycles. The second kappa shape index (κ2) is 3.72. The van der Waals surface area contributed by atoms with Crippen LogP contribution in [0.2, 0.25) is 0 Å². The topological polar surface area (TPSA) is 17.1 Å². The Bertz CT molecular complexity index is 253. The summed E-state index contributed by atoms with van der Waals surface area (Å²) in [5, 5.41) is 0. The molecule has 1 aliphatic rings. The van der Waals surface area contributed by atoms with Crippen molar-refractivity contribution in [2.75, 3.05) is 0 Å². The first kappa shape index (κ1) is 12.4. The Morgan fingerprint density at radius 3 is 1.53 bits per heavy atom. The van der Waals surface area contributed by atoms with E-state index in [1.807, 2.05) is 0 Å². The van der Waals surface area contributed by atoms with Gasteiger partial charge in [-0.05, 0) is 13.8 Å². The molecular formula is C9H11F5O. The molecule has 15 heavy (non-hydrogen) atoms. The molecule has 88 valence electrons. The number of carbonyl (C=O) groups is 1. The summed E-state index contributed by atoms with van der Waals surface area (Å²) in [5.41, 5.74) is -2.44. The average molecular weight is 230 g/mol. The lowest BCUT2D eigenvalue weighted by molar-refractivity contribution is -0.159. The zero-order chi connectivity index (χ0) is 12.0. The molecule has 0 N–H and O–H groups in total. The first-order chi connectivity index (χ1) is 6.74. The second-order valence-electron chi connectivity index (χ2n) is 3.98. The Balaban J connectivity index is 3.12. The minimum atomic E-state index is -2.86. The number of halogens is 5. The minimum Gasteiger partial charge on any atom is -0.299 e. The molecule has 0 radical (unpaired) electrons. The first-order valence-corrected chi connectivity index (χ1v) is 4.46. The van der Waals surface area contributed by atoms with Crippen LogP contribution < -0.4 is 0 Å². The van der Waals surface area contributed by atoms with Crippen molar-refractivity contribution in [3.8, 4) is 0 Å². The number of rotatable bonds is 1. The summed E-state index contributed by atoms with van der Waals surface area (Å²) in [7, 11) is 0. The van der Waals surface area contributed by atoms with Crippen LogP contribution in [-0.2, 0) is 4.79 Å². The summed E-state index contributed by atoms with van der Waals surface area (Å²) in [5.74, 6) is -1.03. The molecule has 6 heteroatoms. The maximum absolute atomic E-state index is 13.3. The number of Topliss-reactive ketones (excluding diaryl/α,β-unsaturated/α-hetero) is 1. The van der Waals surface area contributed by atoms with Crippen LogP contribution in [-0.4, -0.2) is 36.6 Å². The van der Waals surface area contributed by atoms with Gasteiger partial charge in [-0.25, -0.2) is 22.0 Å². The van der Waals surface area contributed by atoms with Crippen LogP contribution in [0.15, 0.2) is 0 Å². The molecule has 4 unspecified atom stereocenters. The van der Waals surface area contributed by atoms with Crippen LogP contribution in [0.1, 0.15) is 13.8 Å². The molecule has 1 aliphatic carbocycles. The van der Waals surface area contributed by atoms with Gasteiger partial charge < -0.3 is 0 Å². The van der Waals surface area contributed by atoms with Crippen molar-refractivity contribution in [2.45, 2.75) is 44.7 Å². The predicted octanol–water partition coefficient (Wildman–Crippen LogP) is 2.29. The molecule has 0 aliphatic heterocycles. The molecule has 0 heterocycles. The van der Waals surface area contributed by atoms with Gasteiger partial charge in [0.2, 0.25) is 0 Å². The maximum atomic E-state index is 13.3. The highest BCUT2D eigenvalue weighted by molar-refractivity contribution is 5.83. The molecule has 1 fully saturated rings. The highest BCUT2D eigenvalue weighted by Gasteiger charge is 2.62. The highest BCUT2D eigenvalue weighted by atomic mass is 19.2. The molecule has 1 nitrogen and oxygen atoms in total. The van der Waals surface area contributed by atoms with Crippen LogP contribution in [0, 0.1) is 5.41 Å². The van der Waals surface area contributed by atoms with E-state index in [4.69, 9.17) is 0 Å². The van der Waals surface area contributed by atoms with Gasteiger partial charge in [-0.2, -0.15) is 0 Å². The molecule has 0 saturated heterocycles. The van der Waals surface area contributed by atoms with E-state index < -0.39 is 42.1 Å². The standard InChI is InChI=1S/C9H11F5O/c1-3(15)9(2)7(13)5(11)4(10)6(12)8(9)14/h4-8H,1-2H3. The molecule has 0 spiro atoms. The van der Waals surface area contributed by atoms with Gasteiger partial charge in [0.1, 0.15) is 18.1 Å². The van der Waals surface area contributed by atoms with Crippen LogP contribution in [0.4, 0.5) is 22.0 Å². The van der Waals surface area contributed by atoms with E-state index in [-0.39, 0.29) is 0 Å². The van der Waals surface area contributed by atoms with E-state index in [1.54, 1.807) is 0 Å². The van der Waals surface area contributed by atoms with Gasteiger partial charge in [-0.1, -0.05) is 0 Å². The Labute approximate surface area is 83.6 Å². The van der Waals surface area contributed by atoms with Crippen molar-refractivity contribution >= 4 is 5.78 Å². The lowest BCUT2D eigenvalue weighted by Gasteiger charge is -2.42. The number of hydrogen-bond donors (Lipinski definition) is 0. The van der Waals surface area contributed by atoms with Gasteiger partial charge in [0, 0.05) is 0 Å². The molecule has 4 atom stereocenters. The smallest absolute Gasteiger partial charge is 0.168 e. The van der Waals surface area contributed by atoms with Gasteiger partial charge >= 0.3 is 0 Å². The van der Waals surface area contributed by atoms with Crippen molar-refractivity contribution in [1.29, 1.82) is 0 Å². The van der Waals surface area contributed by atoms with Gasteiger partial charge in [0.25, 0.3) is 0 Å². The van der Waals surface area contributed by atoms with Crippen molar-refractivity contribution in [3.05, 3.63) is 0 Å². The number of ketones is 1. The van der Waals surface area contributed by atoms with Gasteiger partial charge in [0.05, 0.1) is 5.41 Å². The second-order valence-corrected chi connectivity index (χ2v) is 3.98. The normalized spacial score (nSPS) is 51.5. The van der Waals surface area contributed by atoms with Crippen LogP contribution in [0.25, 0.3) is 0 Å². The molecule has 0 aromatic rings. The molecule has 1 rings (SSSR count). The van der Waals surface area contributed by atoms with E-state index in [0.717, 1.165) is 13.8 Å². The van der Waals surface area contributed by atoms with E-state index in [9.17, 15) is 26.7 Å². The third-order valence-corrected chi connectivity index (χ3v) is 3.07. The highest BCUT2D eigenvalue weighted by Crippen LogP contribution is 2.44. The zero-order valence-electron chi connectivity index (χ0n) is 8.18. The van der Waals surface area contributed by atoms with Gasteiger partial charge in [-0.3, -0.25) is 4.79 Å². The minimum absolute atomic E-state index is 0.774. The van der Waals surface area contributed by atoms with Gasteiger partial charge in [0.15, 0.2) is 18.5 Å². The van der Waals surface area contributed by atoms with Crippen molar-refractivity contribution in [3.63, 3.8) is 0 Å². The Kier molecular flexibility index (Phi) is 3.07. The van der Waals surface area contributed by atoms with Crippen molar-refractivity contribution in [1.82, 2.24) is 0 Å². The fourth-order valence-corrected chi connectivity index (χ4v) is 1.70. The summed E-state index contributed by atoms with van der Waals surface area (Å²) < 4.78 is 65.2. The van der Waals surface area contributed by atoms with Crippen LogP contribution in [0.3, 0.4) is 0 Å².